The SMILES string of the molecule is O=C(NC(CSCc1ccccc1)C(=O)O)c1nc(-c2ccc(C(F)(F)F)cc2)sc1-c1ccc(OCc2ccccc2)cc1. The molecule has 5 aromatic rings. The zero-order valence-electron chi connectivity index (χ0n) is 23.7. The van der Waals surface area contributed by atoms with E-state index in [0.29, 0.717) is 39.1 Å². The summed E-state index contributed by atoms with van der Waals surface area (Å²) in [7, 11) is 0. The molecule has 1 aromatic heterocycles. The number of hydrogen-bond acceptors (Lipinski definition) is 6. The van der Waals surface area contributed by atoms with E-state index in [1.165, 1.54) is 23.9 Å². The summed E-state index contributed by atoms with van der Waals surface area (Å²) in [5.41, 5.74) is 2.21. The molecule has 4 aromatic carbocycles. The summed E-state index contributed by atoms with van der Waals surface area (Å²) in [6.45, 7) is 0.366. The largest absolute Gasteiger partial charge is 0.489 e. The predicted molar refractivity (Wildman–Crippen MR) is 170 cm³/mol. The maximum Gasteiger partial charge on any atom is 0.416 e. The van der Waals surface area contributed by atoms with Crippen molar-refractivity contribution in [3.8, 4) is 26.8 Å². The minimum Gasteiger partial charge on any atom is -0.489 e. The Hall–Kier alpha value is -4.61. The van der Waals surface area contributed by atoms with Crippen molar-refractivity contribution in [2.75, 3.05) is 5.75 Å². The molecule has 0 aliphatic heterocycles. The van der Waals surface area contributed by atoms with Crippen molar-refractivity contribution in [1.29, 1.82) is 0 Å². The molecule has 11 heteroatoms. The average molecular weight is 649 g/mol. The second-order valence-corrected chi connectivity index (χ2v) is 12.0. The number of benzene rings is 4. The van der Waals surface area contributed by atoms with Crippen LogP contribution in [0.3, 0.4) is 0 Å². The molecule has 1 atom stereocenters. The second-order valence-electron chi connectivity index (χ2n) is 9.94. The fourth-order valence-corrected chi connectivity index (χ4v) is 6.39. The Bertz CT molecular complexity index is 1730. The summed E-state index contributed by atoms with van der Waals surface area (Å²) >= 11 is 2.50. The number of thioether (sulfide) groups is 1. The van der Waals surface area contributed by atoms with E-state index in [4.69, 9.17) is 4.74 Å². The molecule has 0 fully saturated rings. The van der Waals surface area contributed by atoms with Crippen LogP contribution in [0.4, 0.5) is 13.2 Å². The number of rotatable bonds is 12. The minimum absolute atomic E-state index is 0.0211. The average Bonchev–Trinajstić information content (AvgIpc) is 3.50. The first-order chi connectivity index (χ1) is 21.7. The lowest BCUT2D eigenvalue weighted by atomic mass is 10.1. The molecule has 0 saturated carbocycles. The van der Waals surface area contributed by atoms with Gasteiger partial charge in [-0.1, -0.05) is 72.8 Å². The zero-order chi connectivity index (χ0) is 31.8. The fourth-order valence-electron chi connectivity index (χ4n) is 4.31. The van der Waals surface area contributed by atoms with Crippen LogP contribution in [-0.2, 0) is 23.3 Å². The summed E-state index contributed by atoms with van der Waals surface area (Å²) in [6, 6.07) is 29.5. The van der Waals surface area contributed by atoms with Gasteiger partial charge in [0.05, 0.1) is 10.4 Å². The molecule has 2 N–H and O–H groups in total. The number of carboxylic acids is 1. The molecule has 6 nitrogen and oxygen atoms in total. The van der Waals surface area contributed by atoms with Gasteiger partial charge in [-0.05, 0) is 53.1 Å². The first-order valence-electron chi connectivity index (χ1n) is 13.8. The number of aliphatic carboxylic acids is 1. The number of nitrogens with one attached hydrogen (secondary N) is 1. The molecule has 1 unspecified atom stereocenters. The molecule has 0 aliphatic rings. The Morgan fingerprint density at radius 1 is 0.844 bits per heavy atom. The molecule has 0 spiro atoms. The summed E-state index contributed by atoms with van der Waals surface area (Å²) in [5.74, 6) is -0.601. The molecule has 0 radical (unpaired) electrons. The highest BCUT2D eigenvalue weighted by Gasteiger charge is 2.30. The Labute approximate surface area is 265 Å². The molecule has 0 saturated heterocycles. The lowest BCUT2D eigenvalue weighted by molar-refractivity contribution is -0.139. The van der Waals surface area contributed by atoms with Crippen molar-refractivity contribution >= 4 is 35.0 Å². The number of thiazole rings is 1. The molecule has 45 heavy (non-hydrogen) atoms. The van der Waals surface area contributed by atoms with Gasteiger partial charge in [0.25, 0.3) is 5.91 Å². The van der Waals surface area contributed by atoms with E-state index < -0.39 is 29.7 Å². The molecule has 5 rings (SSSR count). The zero-order valence-corrected chi connectivity index (χ0v) is 25.3. The summed E-state index contributed by atoms with van der Waals surface area (Å²) in [6.07, 6.45) is -4.49. The van der Waals surface area contributed by atoms with Crippen LogP contribution in [-0.4, -0.2) is 33.8 Å². The van der Waals surface area contributed by atoms with E-state index in [-0.39, 0.29) is 11.4 Å². The van der Waals surface area contributed by atoms with Gasteiger partial charge in [0, 0.05) is 17.1 Å². The van der Waals surface area contributed by atoms with Crippen LogP contribution in [0.1, 0.15) is 27.2 Å². The van der Waals surface area contributed by atoms with Crippen molar-refractivity contribution in [3.05, 3.63) is 132 Å². The maximum atomic E-state index is 13.5. The van der Waals surface area contributed by atoms with Gasteiger partial charge < -0.3 is 15.2 Å². The fraction of sp³-hybridized carbons (Fsp3) is 0.147. The van der Waals surface area contributed by atoms with Crippen LogP contribution in [0.25, 0.3) is 21.0 Å². The van der Waals surface area contributed by atoms with E-state index in [1.54, 1.807) is 24.3 Å². The van der Waals surface area contributed by atoms with E-state index in [0.717, 1.165) is 34.6 Å². The van der Waals surface area contributed by atoms with Crippen LogP contribution in [0.2, 0.25) is 0 Å². The Morgan fingerprint density at radius 2 is 1.44 bits per heavy atom. The van der Waals surface area contributed by atoms with Crippen LogP contribution in [0.5, 0.6) is 5.75 Å². The van der Waals surface area contributed by atoms with E-state index in [1.807, 2.05) is 60.7 Å². The number of aromatic nitrogens is 1. The van der Waals surface area contributed by atoms with Crippen LogP contribution < -0.4 is 10.1 Å². The first kappa shape index (κ1) is 31.8. The number of hydrogen-bond donors (Lipinski definition) is 2. The predicted octanol–water partition coefficient (Wildman–Crippen LogP) is 8.19. The number of carbonyl (C=O) groups excluding carboxylic acids is 1. The maximum absolute atomic E-state index is 13.5. The third kappa shape index (κ3) is 8.52. The Morgan fingerprint density at radius 3 is 2.04 bits per heavy atom. The quantitative estimate of drug-likeness (QED) is 0.142. The monoisotopic (exact) mass is 648 g/mol. The van der Waals surface area contributed by atoms with Crippen LogP contribution in [0, 0.1) is 0 Å². The minimum atomic E-state index is -4.49. The summed E-state index contributed by atoms with van der Waals surface area (Å²) < 4.78 is 45.3. The highest BCUT2D eigenvalue weighted by molar-refractivity contribution is 7.98. The van der Waals surface area contributed by atoms with Crippen LogP contribution in [0.15, 0.2) is 109 Å². The number of amides is 1. The first-order valence-corrected chi connectivity index (χ1v) is 15.8. The normalized spacial score (nSPS) is 12.0. The van der Waals surface area contributed by atoms with E-state index in [9.17, 15) is 27.9 Å². The number of ether oxygens (including phenoxy) is 1. The van der Waals surface area contributed by atoms with Crippen molar-refractivity contribution in [1.82, 2.24) is 10.3 Å². The molecular weight excluding hydrogens is 622 g/mol. The van der Waals surface area contributed by atoms with Crippen molar-refractivity contribution in [2.24, 2.45) is 0 Å². The van der Waals surface area contributed by atoms with Gasteiger partial charge in [-0.15, -0.1) is 11.3 Å². The van der Waals surface area contributed by atoms with Gasteiger partial charge >= 0.3 is 12.1 Å². The molecule has 0 bridgehead atoms. The van der Waals surface area contributed by atoms with Gasteiger partial charge in [-0.2, -0.15) is 24.9 Å². The summed E-state index contributed by atoms with van der Waals surface area (Å²) in [5, 5.41) is 12.7. The highest BCUT2D eigenvalue weighted by atomic mass is 32.2. The smallest absolute Gasteiger partial charge is 0.416 e. The second kappa shape index (κ2) is 14.4. The highest BCUT2D eigenvalue weighted by Crippen LogP contribution is 2.38. The summed E-state index contributed by atoms with van der Waals surface area (Å²) in [4.78, 5) is 30.5. The van der Waals surface area contributed by atoms with Crippen molar-refractivity contribution in [2.45, 2.75) is 24.6 Å². The Kier molecular flexibility index (Phi) is 10.2. The van der Waals surface area contributed by atoms with Gasteiger partial charge in [0.15, 0.2) is 0 Å². The standard InChI is InChI=1S/C34H27F3N2O4S2/c35-34(36,37)26-15-11-25(12-16-26)32-39-29(31(40)38-28(33(41)42)21-44-20-23-9-5-2-6-10-23)30(45-32)24-13-17-27(18-14-24)43-19-22-7-3-1-4-8-22/h1-18,28H,19-21H2,(H,38,40)(H,41,42). The topological polar surface area (TPSA) is 88.5 Å². The number of halogens is 3. The molecule has 0 aliphatic carbocycles. The Balaban J connectivity index is 1.39. The number of carboxylic acid groups (broad SMARTS) is 1. The number of alkyl halides is 3. The lowest BCUT2D eigenvalue weighted by Gasteiger charge is -2.14. The molecule has 1 amide bonds. The van der Waals surface area contributed by atoms with E-state index in [2.05, 4.69) is 10.3 Å². The van der Waals surface area contributed by atoms with Gasteiger partial charge in [-0.3, -0.25) is 4.79 Å². The number of nitrogens with zero attached hydrogens (tertiary/aromatic N) is 1. The van der Waals surface area contributed by atoms with E-state index >= 15 is 0 Å². The molecule has 1 heterocycles. The van der Waals surface area contributed by atoms with Crippen LogP contribution >= 0.6 is 23.1 Å². The van der Waals surface area contributed by atoms with Gasteiger partial charge in [-0.25, -0.2) is 9.78 Å². The lowest BCUT2D eigenvalue weighted by Crippen LogP contribution is -2.42. The number of carbonyl (C=O) groups is 2. The van der Waals surface area contributed by atoms with Gasteiger partial charge in [0.1, 0.15) is 29.1 Å². The van der Waals surface area contributed by atoms with Crippen molar-refractivity contribution in [3.63, 3.8) is 0 Å². The van der Waals surface area contributed by atoms with Gasteiger partial charge in [0.2, 0.25) is 0 Å². The third-order valence-electron chi connectivity index (χ3n) is 6.67. The third-order valence-corrected chi connectivity index (χ3v) is 8.93. The van der Waals surface area contributed by atoms with Crippen molar-refractivity contribution < 1.29 is 32.6 Å². The molecule has 230 valence electrons. The molecular formula is C34H27F3N2O4S2.